The number of allylic oxidation sites excluding steroid dienone is 1. The van der Waals surface area contributed by atoms with Gasteiger partial charge in [0, 0.05) is 11.1 Å². The van der Waals surface area contributed by atoms with Crippen molar-refractivity contribution in [2.24, 2.45) is 4.99 Å². The number of hydrogen-bond acceptors (Lipinski definition) is 2. The van der Waals surface area contributed by atoms with E-state index in [1.54, 1.807) is 0 Å². The topological polar surface area (TPSA) is 12.4 Å². The van der Waals surface area contributed by atoms with E-state index in [0.29, 0.717) is 0 Å². The maximum Gasteiger partial charge on any atom is 0.0740 e. The first-order valence-electron chi connectivity index (χ1n) is 7.25. The Morgan fingerprint density at radius 1 is 0.955 bits per heavy atom. The summed E-state index contributed by atoms with van der Waals surface area (Å²) in [6.45, 7) is 2.19. The van der Waals surface area contributed by atoms with Crippen molar-refractivity contribution >= 4 is 29.1 Å². The Labute approximate surface area is 136 Å². The number of rotatable bonds is 1. The summed E-state index contributed by atoms with van der Waals surface area (Å²) in [6, 6.07) is 14.1. The highest BCUT2D eigenvalue weighted by atomic mass is 32.1. The summed E-state index contributed by atoms with van der Waals surface area (Å²) < 4.78 is 0. The molecule has 1 nitrogen and oxygen atoms in total. The van der Waals surface area contributed by atoms with Crippen LogP contribution in [-0.2, 0) is 6.42 Å². The Kier molecular flexibility index (Phi) is 4.30. The Morgan fingerprint density at radius 2 is 1.68 bits per heavy atom. The van der Waals surface area contributed by atoms with Gasteiger partial charge in [0.05, 0.1) is 10.8 Å². The van der Waals surface area contributed by atoms with Crippen molar-refractivity contribution in [2.45, 2.75) is 19.8 Å². The zero-order valence-corrected chi connectivity index (χ0v) is 13.2. The number of hydrogen-bond donors (Lipinski definition) is 0. The van der Waals surface area contributed by atoms with Crippen molar-refractivity contribution in [1.82, 2.24) is 0 Å². The van der Waals surface area contributed by atoms with Crippen LogP contribution in [0.25, 0.3) is 6.08 Å². The van der Waals surface area contributed by atoms with Gasteiger partial charge in [0.2, 0.25) is 0 Å². The highest BCUT2D eigenvalue weighted by Gasteiger charge is 2.07. The molecule has 0 N–H and O–H groups in total. The summed E-state index contributed by atoms with van der Waals surface area (Å²) in [4.78, 5) is 3.93. The van der Waals surface area contributed by atoms with E-state index < -0.39 is 0 Å². The smallest absolute Gasteiger partial charge is 0.0740 e. The van der Waals surface area contributed by atoms with Crippen molar-refractivity contribution < 1.29 is 0 Å². The molecule has 0 atom stereocenters. The van der Waals surface area contributed by atoms with Gasteiger partial charge in [-0.3, -0.25) is 0 Å². The van der Waals surface area contributed by atoms with Gasteiger partial charge in [-0.2, -0.15) is 4.99 Å². The van der Waals surface area contributed by atoms with Gasteiger partial charge in [-0.25, -0.2) is 0 Å². The van der Waals surface area contributed by atoms with E-state index in [4.69, 9.17) is 0 Å². The van der Waals surface area contributed by atoms with Crippen LogP contribution in [0.5, 0.6) is 0 Å². The SMILES string of the molecule is CC1=Cc2ccc(C#Cc3ccc(N=C=S)cc3)cc2CC1. The maximum absolute atomic E-state index is 4.59. The standard InChI is InChI=1S/C20H15NS/c1-15-2-8-19-13-17(5-9-18(19)12-15)4-3-16-6-10-20(11-7-16)21-14-22/h5-7,9-13H,2,8H2,1H3. The largest absolute Gasteiger partial charge is 0.195 e. The van der Waals surface area contributed by atoms with Crippen molar-refractivity contribution in [3.63, 3.8) is 0 Å². The number of thiocarbonyl (C=S) groups is 1. The van der Waals surface area contributed by atoms with E-state index in [1.165, 1.54) is 16.7 Å². The van der Waals surface area contributed by atoms with Crippen LogP contribution >= 0.6 is 12.2 Å². The van der Waals surface area contributed by atoms with E-state index in [2.05, 4.69) is 65.4 Å². The summed E-state index contributed by atoms with van der Waals surface area (Å²) in [5.41, 5.74) is 7.01. The third-order valence-electron chi connectivity index (χ3n) is 3.73. The van der Waals surface area contributed by atoms with Crippen molar-refractivity contribution in [1.29, 1.82) is 0 Å². The van der Waals surface area contributed by atoms with E-state index in [0.717, 1.165) is 29.7 Å². The fourth-order valence-electron chi connectivity index (χ4n) is 2.53. The Balaban J connectivity index is 1.84. The molecule has 106 valence electrons. The molecule has 0 aromatic heterocycles. The Morgan fingerprint density at radius 3 is 2.45 bits per heavy atom. The van der Waals surface area contributed by atoms with Gasteiger partial charge >= 0.3 is 0 Å². The summed E-state index contributed by atoms with van der Waals surface area (Å²) in [5, 5.41) is 2.36. The Bertz CT molecular complexity index is 842. The number of aliphatic imine (C=N–C) groups is 1. The number of fused-ring (bicyclic) bond motifs is 1. The lowest BCUT2D eigenvalue weighted by Crippen LogP contribution is -1.97. The van der Waals surface area contributed by atoms with Gasteiger partial charge in [-0.05, 0) is 79.5 Å². The van der Waals surface area contributed by atoms with Crippen LogP contribution in [0, 0.1) is 11.8 Å². The molecule has 0 saturated heterocycles. The second-order valence-electron chi connectivity index (χ2n) is 5.40. The van der Waals surface area contributed by atoms with E-state index in [1.807, 2.05) is 24.3 Å². The number of benzene rings is 2. The molecule has 0 aliphatic heterocycles. The van der Waals surface area contributed by atoms with Crippen molar-refractivity contribution in [3.8, 4) is 11.8 Å². The highest BCUT2D eigenvalue weighted by Crippen LogP contribution is 2.24. The molecule has 0 amide bonds. The molecule has 0 heterocycles. The second kappa shape index (κ2) is 6.54. The minimum absolute atomic E-state index is 0.802. The van der Waals surface area contributed by atoms with Crippen LogP contribution < -0.4 is 0 Å². The van der Waals surface area contributed by atoms with Crippen molar-refractivity contribution in [2.75, 3.05) is 0 Å². The van der Waals surface area contributed by atoms with Crippen LogP contribution in [0.15, 0.2) is 53.0 Å². The molecule has 0 unspecified atom stereocenters. The molecule has 0 saturated carbocycles. The predicted molar refractivity (Wildman–Crippen MR) is 95.5 cm³/mol. The third-order valence-corrected chi connectivity index (χ3v) is 3.82. The number of isothiocyanates is 1. The lowest BCUT2D eigenvalue weighted by molar-refractivity contribution is 0.927. The number of aryl methyl sites for hydroxylation is 1. The van der Waals surface area contributed by atoms with Gasteiger partial charge in [0.25, 0.3) is 0 Å². The molecule has 0 bridgehead atoms. The summed E-state index contributed by atoms with van der Waals surface area (Å²) >= 11 is 4.59. The fourth-order valence-corrected chi connectivity index (χ4v) is 2.63. The lowest BCUT2D eigenvalue weighted by atomic mass is 9.91. The lowest BCUT2D eigenvalue weighted by Gasteiger charge is -2.13. The first-order chi connectivity index (χ1) is 10.7. The average Bonchev–Trinajstić information content (AvgIpc) is 2.54. The average molecular weight is 301 g/mol. The first kappa shape index (κ1) is 14.5. The van der Waals surface area contributed by atoms with E-state index in [9.17, 15) is 0 Å². The third kappa shape index (κ3) is 3.40. The first-order valence-corrected chi connectivity index (χ1v) is 7.65. The van der Waals surface area contributed by atoms with Crippen LogP contribution in [0.4, 0.5) is 5.69 Å². The minimum Gasteiger partial charge on any atom is -0.195 e. The van der Waals surface area contributed by atoms with E-state index in [-0.39, 0.29) is 0 Å². The number of nitrogens with zero attached hydrogens (tertiary/aromatic N) is 1. The summed E-state index contributed by atoms with van der Waals surface area (Å²) in [5.74, 6) is 6.43. The van der Waals surface area contributed by atoms with Gasteiger partial charge in [-0.1, -0.05) is 29.6 Å². The summed E-state index contributed by atoms with van der Waals surface area (Å²) in [6.07, 6.45) is 4.52. The fraction of sp³-hybridized carbons (Fsp3) is 0.150. The molecule has 22 heavy (non-hydrogen) atoms. The van der Waals surface area contributed by atoms with Crippen LogP contribution in [0.3, 0.4) is 0 Å². The molecule has 0 spiro atoms. The predicted octanol–water partition coefficient (Wildman–Crippen LogP) is 5.17. The van der Waals surface area contributed by atoms with Gasteiger partial charge in [0.1, 0.15) is 0 Å². The molecule has 3 rings (SSSR count). The molecule has 0 radical (unpaired) electrons. The molecule has 2 aromatic carbocycles. The normalized spacial score (nSPS) is 12.3. The molecule has 0 fully saturated rings. The van der Waals surface area contributed by atoms with Gasteiger partial charge in [0.15, 0.2) is 0 Å². The monoisotopic (exact) mass is 301 g/mol. The molecular weight excluding hydrogens is 286 g/mol. The zero-order chi connectivity index (χ0) is 15.4. The quantitative estimate of drug-likeness (QED) is 0.402. The molecular formula is C20H15NS. The Hall–Kier alpha value is -2.46. The zero-order valence-electron chi connectivity index (χ0n) is 12.4. The molecule has 2 aromatic rings. The van der Waals surface area contributed by atoms with Crippen LogP contribution in [-0.4, -0.2) is 5.16 Å². The summed E-state index contributed by atoms with van der Waals surface area (Å²) in [7, 11) is 0. The van der Waals surface area contributed by atoms with Crippen LogP contribution in [0.2, 0.25) is 0 Å². The van der Waals surface area contributed by atoms with Gasteiger partial charge in [-0.15, -0.1) is 0 Å². The minimum atomic E-state index is 0.802. The van der Waals surface area contributed by atoms with Crippen LogP contribution in [0.1, 0.15) is 35.6 Å². The van der Waals surface area contributed by atoms with E-state index >= 15 is 0 Å². The maximum atomic E-state index is 4.59. The molecule has 2 heteroatoms. The highest BCUT2D eigenvalue weighted by molar-refractivity contribution is 7.78. The van der Waals surface area contributed by atoms with Gasteiger partial charge < -0.3 is 0 Å². The second-order valence-corrected chi connectivity index (χ2v) is 5.59. The van der Waals surface area contributed by atoms with Crippen molar-refractivity contribution in [3.05, 3.63) is 70.3 Å². The molecule has 1 aliphatic rings. The molecule has 1 aliphatic carbocycles.